The molecule has 11 heavy (non-hydrogen) atoms. The largest absolute Gasteiger partial charge is 0.313 e. The topological polar surface area (TPSA) is 23.9 Å². The summed E-state index contributed by atoms with van der Waals surface area (Å²) in [6, 6.07) is 0. The summed E-state index contributed by atoms with van der Waals surface area (Å²) in [5, 5.41) is 6.81. The van der Waals surface area contributed by atoms with Gasteiger partial charge in [0.05, 0.1) is 0 Å². The summed E-state index contributed by atoms with van der Waals surface area (Å²) >= 11 is 0. The van der Waals surface area contributed by atoms with Gasteiger partial charge in [-0.05, 0) is 31.4 Å². The van der Waals surface area contributed by atoms with E-state index < -0.39 is 0 Å². The van der Waals surface area contributed by atoms with E-state index in [-0.39, 0.29) is 0 Å². The number of hydrogen-bond acceptors (Lipinski definition) is 1. The molecule has 1 nitrogen and oxygen atoms in total. The molecular weight excluding hydrogens is 134 g/mol. The van der Waals surface area contributed by atoms with Crippen molar-refractivity contribution in [2.75, 3.05) is 0 Å². The van der Waals surface area contributed by atoms with Crippen LogP contribution in [0.5, 0.6) is 0 Å². The maximum Gasteiger partial charge on any atom is -0.00447 e. The van der Waals surface area contributed by atoms with Crippen molar-refractivity contribution in [3.8, 4) is 0 Å². The van der Waals surface area contributed by atoms with E-state index in [0.717, 1.165) is 12.8 Å². The minimum Gasteiger partial charge on any atom is -0.313 e. The highest BCUT2D eigenvalue weighted by atomic mass is 14.3. The summed E-state index contributed by atoms with van der Waals surface area (Å²) in [6.45, 7) is 4.45. The Morgan fingerprint density at radius 3 is 2.64 bits per heavy atom. The highest BCUT2D eigenvalue weighted by Gasteiger charge is 1.91. The molecule has 64 valence electrons. The van der Waals surface area contributed by atoms with E-state index in [9.17, 15) is 0 Å². The SMILES string of the molecule is CCCC(C)/C=C/CCC=N. The van der Waals surface area contributed by atoms with Crippen molar-refractivity contribution < 1.29 is 0 Å². The molecule has 0 spiro atoms. The van der Waals surface area contributed by atoms with Crippen LogP contribution in [0, 0.1) is 11.3 Å². The second kappa shape index (κ2) is 7.52. The molecule has 1 unspecified atom stereocenters. The van der Waals surface area contributed by atoms with Gasteiger partial charge < -0.3 is 5.41 Å². The van der Waals surface area contributed by atoms with Gasteiger partial charge >= 0.3 is 0 Å². The lowest BCUT2D eigenvalue weighted by Gasteiger charge is -2.01. The normalized spacial score (nSPS) is 13.6. The zero-order valence-electron chi connectivity index (χ0n) is 7.64. The van der Waals surface area contributed by atoms with Crippen molar-refractivity contribution in [2.45, 2.75) is 39.5 Å². The zero-order chi connectivity index (χ0) is 8.53. The summed E-state index contributed by atoms with van der Waals surface area (Å²) < 4.78 is 0. The van der Waals surface area contributed by atoms with E-state index in [0.29, 0.717) is 5.92 Å². The fourth-order valence-corrected chi connectivity index (χ4v) is 1.06. The van der Waals surface area contributed by atoms with Crippen molar-refractivity contribution in [1.29, 1.82) is 5.41 Å². The Balaban J connectivity index is 3.31. The number of allylic oxidation sites excluding steroid dienone is 2. The first kappa shape index (κ1) is 10.4. The van der Waals surface area contributed by atoms with Gasteiger partial charge in [-0.15, -0.1) is 0 Å². The molecule has 0 aliphatic rings. The first-order valence-corrected chi connectivity index (χ1v) is 4.46. The third-order valence-electron chi connectivity index (χ3n) is 1.69. The second-order valence-corrected chi connectivity index (χ2v) is 2.98. The summed E-state index contributed by atoms with van der Waals surface area (Å²) in [7, 11) is 0. The Labute approximate surface area is 70.0 Å². The van der Waals surface area contributed by atoms with Crippen LogP contribution >= 0.6 is 0 Å². The lowest BCUT2D eigenvalue weighted by molar-refractivity contribution is 0.632. The van der Waals surface area contributed by atoms with E-state index >= 15 is 0 Å². The lowest BCUT2D eigenvalue weighted by atomic mass is 10.1. The molecule has 0 aromatic heterocycles. The minimum absolute atomic E-state index is 0.714. The molecule has 0 saturated carbocycles. The van der Waals surface area contributed by atoms with E-state index in [1.807, 2.05) is 0 Å². The van der Waals surface area contributed by atoms with Gasteiger partial charge in [-0.1, -0.05) is 32.4 Å². The molecule has 1 heteroatoms. The highest BCUT2D eigenvalue weighted by Crippen LogP contribution is 2.06. The number of nitrogens with one attached hydrogen (secondary N) is 1. The van der Waals surface area contributed by atoms with Gasteiger partial charge in [0.25, 0.3) is 0 Å². The van der Waals surface area contributed by atoms with Crippen molar-refractivity contribution >= 4 is 6.21 Å². The van der Waals surface area contributed by atoms with Gasteiger partial charge in [-0.2, -0.15) is 0 Å². The molecule has 0 saturated heterocycles. The van der Waals surface area contributed by atoms with Gasteiger partial charge in [0.15, 0.2) is 0 Å². The first-order chi connectivity index (χ1) is 5.31. The fourth-order valence-electron chi connectivity index (χ4n) is 1.06. The van der Waals surface area contributed by atoms with Crippen LogP contribution in [0.15, 0.2) is 12.2 Å². The summed E-state index contributed by atoms with van der Waals surface area (Å²) in [4.78, 5) is 0. The molecule has 1 atom stereocenters. The zero-order valence-corrected chi connectivity index (χ0v) is 7.64. The molecule has 0 aromatic rings. The van der Waals surface area contributed by atoms with Crippen LogP contribution in [0.4, 0.5) is 0 Å². The molecule has 0 amide bonds. The molecule has 0 aromatic carbocycles. The predicted molar refractivity (Wildman–Crippen MR) is 51.2 cm³/mol. The number of hydrogen-bond donors (Lipinski definition) is 1. The molecule has 0 bridgehead atoms. The lowest BCUT2D eigenvalue weighted by Crippen LogP contribution is -1.86. The van der Waals surface area contributed by atoms with Crippen LogP contribution in [-0.4, -0.2) is 6.21 Å². The molecule has 0 heterocycles. The molecule has 0 aliphatic carbocycles. The van der Waals surface area contributed by atoms with Crippen LogP contribution < -0.4 is 0 Å². The average molecular weight is 153 g/mol. The average Bonchev–Trinajstić information content (AvgIpc) is 1.99. The second-order valence-electron chi connectivity index (χ2n) is 2.98. The third kappa shape index (κ3) is 7.31. The summed E-state index contributed by atoms with van der Waals surface area (Å²) in [6.07, 6.45) is 10.4. The van der Waals surface area contributed by atoms with Crippen LogP contribution in [0.25, 0.3) is 0 Å². The Morgan fingerprint density at radius 2 is 2.09 bits per heavy atom. The summed E-state index contributed by atoms with van der Waals surface area (Å²) in [5.74, 6) is 0.714. The molecule has 0 fully saturated rings. The quantitative estimate of drug-likeness (QED) is 0.343. The molecule has 0 radical (unpaired) electrons. The van der Waals surface area contributed by atoms with Gasteiger partial charge in [0, 0.05) is 0 Å². The summed E-state index contributed by atoms with van der Waals surface area (Å²) in [5.41, 5.74) is 0. The van der Waals surface area contributed by atoms with E-state index in [1.165, 1.54) is 19.1 Å². The number of rotatable bonds is 6. The monoisotopic (exact) mass is 153 g/mol. The Kier molecular flexibility index (Phi) is 7.11. The first-order valence-electron chi connectivity index (χ1n) is 4.46. The minimum atomic E-state index is 0.714. The Bertz CT molecular complexity index is 116. The van der Waals surface area contributed by atoms with Crippen LogP contribution in [0.3, 0.4) is 0 Å². The smallest absolute Gasteiger partial charge is 0.00447 e. The van der Waals surface area contributed by atoms with Crippen molar-refractivity contribution in [1.82, 2.24) is 0 Å². The molecular formula is C10H19N. The Morgan fingerprint density at radius 1 is 1.36 bits per heavy atom. The van der Waals surface area contributed by atoms with Crippen molar-refractivity contribution in [2.24, 2.45) is 5.92 Å². The van der Waals surface area contributed by atoms with Crippen LogP contribution in [0.2, 0.25) is 0 Å². The van der Waals surface area contributed by atoms with Crippen molar-refractivity contribution in [3.05, 3.63) is 12.2 Å². The van der Waals surface area contributed by atoms with E-state index in [4.69, 9.17) is 5.41 Å². The van der Waals surface area contributed by atoms with E-state index in [1.54, 1.807) is 0 Å². The van der Waals surface area contributed by atoms with Crippen LogP contribution in [-0.2, 0) is 0 Å². The third-order valence-corrected chi connectivity index (χ3v) is 1.69. The van der Waals surface area contributed by atoms with E-state index in [2.05, 4.69) is 26.0 Å². The Hall–Kier alpha value is -0.590. The van der Waals surface area contributed by atoms with Gasteiger partial charge in [-0.25, -0.2) is 0 Å². The highest BCUT2D eigenvalue weighted by molar-refractivity contribution is 5.52. The molecule has 0 rings (SSSR count). The molecule has 0 aliphatic heterocycles. The van der Waals surface area contributed by atoms with Crippen LogP contribution in [0.1, 0.15) is 39.5 Å². The van der Waals surface area contributed by atoms with Crippen molar-refractivity contribution in [3.63, 3.8) is 0 Å². The standard InChI is InChI=1S/C10H19N/c1-3-7-10(2)8-5-4-6-9-11/h5,8-11H,3-4,6-7H2,1-2H3/b8-5+,11-9?. The van der Waals surface area contributed by atoms with Gasteiger partial charge in [0.1, 0.15) is 0 Å². The fraction of sp³-hybridized carbons (Fsp3) is 0.700. The number of unbranched alkanes of at least 4 members (excludes halogenated alkanes) is 1. The maximum absolute atomic E-state index is 6.81. The predicted octanol–water partition coefficient (Wildman–Crippen LogP) is 3.41. The maximum atomic E-state index is 6.81. The van der Waals surface area contributed by atoms with Gasteiger partial charge in [-0.3, -0.25) is 0 Å². The molecule has 1 N–H and O–H groups in total. The van der Waals surface area contributed by atoms with Gasteiger partial charge in [0.2, 0.25) is 0 Å².